The maximum absolute atomic E-state index is 9.82. The number of piperidine rings is 1. The Morgan fingerprint density at radius 2 is 1.89 bits per heavy atom. The molecule has 2 bridgehead atoms. The van der Waals surface area contributed by atoms with Gasteiger partial charge in [-0.1, -0.05) is 33.8 Å². The zero-order chi connectivity index (χ0) is 26.1. The number of nitriles is 1. The van der Waals surface area contributed by atoms with Crippen LogP contribution < -0.4 is 4.74 Å². The van der Waals surface area contributed by atoms with Crippen molar-refractivity contribution in [1.82, 2.24) is 25.0 Å². The highest BCUT2D eigenvalue weighted by atomic mass is 16.5. The minimum Gasteiger partial charge on any atom is -0.474 e. The minimum atomic E-state index is -0.360. The molecule has 0 radical (unpaired) electrons. The number of nitrogens with one attached hydrogen (secondary N) is 2. The van der Waals surface area contributed by atoms with Crippen molar-refractivity contribution >= 4 is 6.21 Å². The number of H-pyrrole nitrogens is 1. The molecule has 5 fully saturated rings. The molecule has 7 rings (SSSR count). The third kappa shape index (κ3) is 3.65. The summed E-state index contributed by atoms with van der Waals surface area (Å²) in [5.41, 5.74) is 2.18. The summed E-state index contributed by atoms with van der Waals surface area (Å²) in [5.74, 6) is 2.04. The zero-order valence-electron chi connectivity index (χ0n) is 22.6. The van der Waals surface area contributed by atoms with E-state index in [1.165, 1.54) is 12.0 Å². The molecule has 196 valence electrons. The Hall–Kier alpha value is -2.76. The van der Waals surface area contributed by atoms with Crippen molar-refractivity contribution in [1.29, 1.82) is 10.7 Å². The van der Waals surface area contributed by atoms with Crippen LogP contribution in [-0.4, -0.2) is 68.0 Å². The van der Waals surface area contributed by atoms with Gasteiger partial charge in [-0.3, -0.25) is 14.9 Å². The van der Waals surface area contributed by atoms with Crippen molar-refractivity contribution in [2.24, 2.45) is 23.2 Å². The summed E-state index contributed by atoms with van der Waals surface area (Å²) < 4.78 is 5.92. The summed E-state index contributed by atoms with van der Waals surface area (Å²) >= 11 is 0. The molecule has 0 aromatic carbocycles. The van der Waals surface area contributed by atoms with E-state index in [4.69, 9.17) is 10.1 Å². The molecule has 3 aliphatic heterocycles. The van der Waals surface area contributed by atoms with Gasteiger partial charge < -0.3 is 10.1 Å². The molecule has 2 aromatic rings. The van der Waals surface area contributed by atoms with Gasteiger partial charge in [-0.15, -0.1) is 0 Å². The van der Waals surface area contributed by atoms with Crippen LogP contribution in [0, 0.1) is 39.9 Å². The fourth-order valence-corrected chi connectivity index (χ4v) is 7.83. The van der Waals surface area contributed by atoms with E-state index in [0.717, 1.165) is 37.6 Å². The van der Waals surface area contributed by atoms with Gasteiger partial charge in [-0.2, -0.15) is 10.4 Å². The number of aromatic nitrogens is 3. The maximum atomic E-state index is 9.82. The number of aromatic amines is 1. The Labute approximate surface area is 219 Å². The third-order valence-corrected chi connectivity index (χ3v) is 10.7. The van der Waals surface area contributed by atoms with Crippen molar-refractivity contribution in [2.45, 2.75) is 83.6 Å². The van der Waals surface area contributed by atoms with Gasteiger partial charge >= 0.3 is 0 Å². The molecule has 5 unspecified atom stereocenters. The van der Waals surface area contributed by atoms with Gasteiger partial charge in [0.2, 0.25) is 5.88 Å². The van der Waals surface area contributed by atoms with Crippen LogP contribution in [0.25, 0.3) is 0 Å². The number of pyridine rings is 1. The highest BCUT2D eigenvalue weighted by molar-refractivity contribution is 5.67. The number of hydrogen-bond acceptors (Lipinski definition) is 7. The van der Waals surface area contributed by atoms with Crippen LogP contribution in [0.4, 0.5) is 0 Å². The van der Waals surface area contributed by atoms with E-state index in [9.17, 15) is 5.26 Å². The lowest BCUT2D eigenvalue weighted by molar-refractivity contribution is -0.118. The fraction of sp³-hybridized carbons (Fsp3) is 0.655. The Bertz CT molecular complexity index is 1210. The minimum absolute atomic E-state index is 0.00321. The molecule has 5 heterocycles. The fourth-order valence-electron chi connectivity index (χ4n) is 7.83. The van der Waals surface area contributed by atoms with E-state index < -0.39 is 0 Å². The molecule has 37 heavy (non-hydrogen) atoms. The standard InChI is InChI=1S/C29H39N7O/c1-17-8-24(17)37-25-7-6-20(11-32-25)13-36-22-9-23(36)15-35(14-22)29(5)19(3)18(2)28(4,16-31)27(29)26-21(10-30)12-33-34-26/h6-7,11-12,16-19,22-24,27,31H,8-9,13-15H2,1-5H3,(H,33,34)/t17?,18-,19+,22?,23?,24?,27?,28-,29-/m1/s1. The molecule has 8 heteroatoms. The van der Waals surface area contributed by atoms with E-state index in [1.54, 1.807) is 12.4 Å². The molecular weight excluding hydrogens is 462 g/mol. The smallest absolute Gasteiger partial charge is 0.213 e. The Kier molecular flexibility index (Phi) is 5.74. The van der Waals surface area contributed by atoms with Crippen LogP contribution in [0.3, 0.4) is 0 Å². The largest absolute Gasteiger partial charge is 0.474 e. The molecule has 2 aliphatic carbocycles. The predicted octanol–water partition coefficient (Wildman–Crippen LogP) is 4.21. The van der Waals surface area contributed by atoms with Crippen molar-refractivity contribution in [2.75, 3.05) is 13.1 Å². The quantitative estimate of drug-likeness (QED) is 0.551. The number of rotatable bonds is 7. The summed E-state index contributed by atoms with van der Waals surface area (Å²) in [7, 11) is 0. The lowest BCUT2D eigenvalue weighted by Gasteiger charge is -2.61. The lowest BCUT2D eigenvalue weighted by atomic mass is 9.69. The van der Waals surface area contributed by atoms with Crippen LogP contribution in [0.5, 0.6) is 5.88 Å². The third-order valence-electron chi connectivity index (χ3n) is 10.7. The molecular formula is C29H39N7O. The van der Waals surface area contributed by atoms with E-state index >= 15 is 0 Å². The molecule has 9 atom stereocenters. The molecule has 0 amide bonds. The molecule has 2 N–H and O–H groups in total. The van der Waals surface area contributed by atoms with Gasteiger partial charge in [0.15, 0.2) is 0 Å². The Balaban J connectivity index is 1.21. The van der Waals surface area contributed by atoms with Gasteiger partial charge in [-0.25, -0.2) is 4.98 Å². The van der Waals surface area contributed by atoms with E-state index in [-0.39, 0.29) is 16.9 Å². The first-order valence-corrected chi connectivity index (χ1v) is 13.8. The monoisotopic (exact) mass is 501 g/mol. The summed E-state index contributed by atoms with van der Waals surface area (Å²) in [6, 6.07) is 7.54. The molecule has 2 aromatic heterocycles. The van der Waals surface area contributed by atoms with Crippen LogP contribution in [0.15, 0.2) is 24.5 Å². The van der Waals surface area contributed by atoms with Gasteiger partial charge in [0.05, 0.1) is 17.5 Å². The number of piperazine rings is 1. The number of nitrogens with zero attached hydrogens (tertiary/aromatic N) is 5. The van der Waals surface area contributed by atoms with E-state index in [2.05, 4.69) is 71.7 Å². The first kappa shape index (κ1) is 24.6. The van der Waals surface area contributed by atoms with Gasteiger partial charge in [0.25, 0.3) is 0 Å². The van der Waals surface area contributed by atoms with Crippen molar-refractivity contribution in [3.63, 3.8) is 0 Å². The van der Waals surface area contributed by atoms with Crippen LogP contribution in [-0.2, 0) is 6.54 Å². The van der Waals surface area contributed by atoms with Gasteiger partial charge in [0, 0.05) is 67.1 Å². The summed E-state index contributed by atoms with van der Waals surface area (Å²) in [6.45, 7) is 14.3. The molecule has 5 aliphatic rings. The Morgan fingerprint density at radius 3 is 2.49 bits per heavy atom. The lowest BCUT2D eigenvalue weighted by Crippen LogP contribution is -2.72. The Morgan fingerprint density at radius 1 is 1.16 bits per heavy atom. The topological polar surface area (TPSA) is 105 Å². The SMILES string of the molecule is CC1CC1Oc1ccc(CN2C3CC2CN([C@@]2(C)C(c4[nH]ncc4C#N)[C@](C)(C=N)[C@H](C)[C@@H]2C)C3)cn1. The molecule has 8 nitrogen and oxygen atoms in total. The van der Waals surface area contributed by atoms with Crippen molar-refractivity contribution in [3.8, 4) is 11.9 Å². The van der Waals surface area contributed by atoms with Crippen LogP contribution in [0.1, 0.15) is 70.2 Å². The highest BCUT2D eigenvalue weighted by Gasteiger charge is 2.65. The van der Waals surface area contributed by atoms with Gasteiger partial charge in [-0.05, 0) is 43.1 Å². The van der Waals surface area contributed by atoms with Crippen molar-refractivity contribution < 1.29 is 4.74 Å². The first-order valence-electron chi connectivity index (χ1n) is 13.8. The van der Waals surface area contributed by atoms with Crippen LogP contribution >= 0.6 is 0 Å². The average Bonchev–Trinajstić information content (AvgIpc) is 3.35. The predicted molar refractivity (Wildman–Crippen MR) is 141 cm³/mol. The van der Waals surface area contributed by atoms with E-state index in [1.807, 2.05) is 12.3 Å². The summed E-state index contributed by atoms with van der Waals surface area (Å²) in [6.07, 6.45) is 7.94. The first-order chi connectivity index (χ1) is 17.7. The van der Waals surface area contributed by atoms with Crippen molar-refractivity contribution in [3.05, 3.63) is 41.3 Å². The maximum Gasteiger partial charge on any atom is 0.213 e. The average molecular weight is 502 g/mol. The van der Waals surface area contributed by atoms with Gasteiger partial charge in [0.1, 0.15) is 12.2 Å². The number of ether oxygens (including phenoxy) is 1. The second-order valence-corrected chi connectivity index (χ2v) is 12.6. The molecule has 0 spiro atoms. The molecule has 3 saturated heterocycles. The second-order valence-electron chi connectivity index (χ2n) is 12.6. The zero-order valence-corrected chi connectivity index (χ0v) is 22.6. The second kappa shape index (κ2) is 8.64. The summed E-state index contributed by atoms with van der Waals surface area (Å²) in [5, 5.41) is 25.7. The van der Waals surface area contributed by atoms with E-state index in [0.29, 0.717) is 41.5 Å². The highest BCUT2D eigenvalue weighted by Crippen LogP contribution is 2.62. The normalized spacial score (nSPS) is 41.1. The number of fused-ring (bicyclic) bond motifs is 2. The molecule has 2 saturated carbocycles. The summed E-state index contributed by atoms with van der Waals surface area (Å²) in [4.78, 5) is 9.88. The van der Waals surface area contributed by atoms with Crippen LogP contribution in [0.2, 0.25) is 0 Å². The number of hydrogen-bond donors (Lipinski definition) is 2.